The molecule has 6 nitrogen and oxygen atoms in total. The summed E-state index contributed by atoms with van der Waals surface area (Å²) in [4.78, 5) is 14.3. The van der Waals surface area contributed by atoms with Crippen LogP contribution in [0.15, 0.2) is 65.2 Å². The number of anilines is 1. The minimum atomic E-state index is -0.158. The molecule has 140 valence electrons. The van der Waals surface area contributed by atoms with E-state index in [9.17, 15) is 4.79 Å². The second-order valence-corrected chi connectivity index (χ2v) is 6.13. The van der Waals surface area contributed by atoms with Gasteiger partial charge in [0.15, 0.2) is 5.76 Å². The number of benzene rings is 2. The van der Waals surface area contributed by atoms with Gasteiger partial charge < -0.3 is 19.5 Å². The fraction of sp³-hybridized carbons (Fsp3) is 0.238. The average Bonchev–Trinajstić information content (AvgIpc) is 3.17. The highest BCUT2D eigenvalue weighted by Gasteiger charge is 2.16. The summed E-state index contributed by atoms with van der Waals surface area (Å²) in [6, 6.07) is 18.7. The van der Waals surface area contributed by atoms with Gasteiger partial charge in [-0.25, -0.2) is 4.79 Å². The molecule has 1 heterocycles. The molecule has 0 aliphatic rings. The van der Waals surface area contributed by atoms with Crippen molar-refractivity contribution in [2.45, 2.75) is 19.9 Å². The van der Waals surface area contributed by atoms with Gasteiger partial charge in [0, 0.05) is 23.9 Å². The minimum absolute atomic E-state index is 0.158. The molecule has 0 unspecified atom stereocenters. The summed E-state index contributed by atoms with van der Waals surface area (Å²) in [5.74, 6) is 1.39. The van der Waals surface area contributed by atoms with Gasteiger partial charge >= 0.3 is 6.03 Å². The maximum atomic E-state index is 12.6. The molecule has 3 aromatic rings. The molecule has 0 fully saturated rings. The van der Waals surface area contributed by atoms with E-state index in [0.29, 0.717) is 24.5 Å². The first-order valence-electron chi connectivity index (χ1n) is 8.90. The van der Waals surface area contributed by atoms with Crippen molar-refractivity contribution in [3.63, 3.8) is 0 Å². The molecule has 0 saturated heterocycles. The van der Waals surface area contributed by atoms with Crippen LogP contribution in [0.2, 0.25) is 0 Å². The molecule has 27 heavy (non-hydrogen) atoms. The Bertz CT molecular complexity index is 877. The molecular formula is C21H23N3O3. The van der Waals surface area contributed by atoms with Crippen LogP contribution in [0.4, 0.5) is 10.5 Å². The normalized spacial score (nSPS) is 10.4. The number of ether oxygens (including phenoxy) is 1. The summed E-state index contributed by atoms with van der Waals surface area (Å²) in [6.45, 7) is 3.03. The highest BCUT2D eigenvalue weighted by molar-refractivity contribution is 5.89. The Balaban J connectivity index is 1.71. The van der Waals surface area contributed by atoms with Crippen LogP contribution in [0.25, 0.3) is 11.3 Å². The number of urea groups is 1. The molecule has 2 aromatic carbocycles. The zero-order valence-corrected chi connectivity index (χ0v) is 15.5. The first-order valence-corrected chi connectivity index (χ1v) is 8.90. The summed E-state index contributed by atoms with van der Waals surface area (Å²) in [5, 5.41) is 7.03. The summed E-state index contributed by atoms with van der Waals surface area (Å²) >= 11 is 0. The number of aromatic nitrogens is 1. The van der Waals surface area contributed by atoms with Gasteiger partial charge in [0.1, 0.15) is 11.4 Å². The van der Waals surface area contributed by atoms with E-state index in [0.717, 1.165) is 23.4 Å². The van der Waals surface area contributed by atoms with Gasteiger partial charge in [-0.1, -0.05) is 42.4 Å². The van der Waals surface area contributed by atoms with Crippen LogP contribution in [-0.4, -0.2) is 29.7 Å². The lowest BCUT2D eigenvalue weighted by Gasteiger charge is -2.21. The van der Waals surface area contributed by atoms with Crippen molar-refractivity contribution in [1.82, 2.24) is 10.1 Å². The van der Waals surface area contributed by atoms with Crippen LogP contribution in [0.1, 0.15) is 19.0 Å². The van der Waals surface area contributed by atoms with Crippen LogP contribution < -0.4 is 10.1 Å². The fourth-order valence-electron chi connectivity index (χ4n) is 2.74. The summed E-state index contributed by atoms with van der Waals surface area (Å²) in [7, 11) is 1.62. The Hall–Kier alpha value is -3.28. The van der Waals surface area contributed by atoms with Gasteiger partial charge in [-0.3, -0.25) is 0 Å². The van der Waals surface area contributed by atoms with Gasteiger partial charge in [-0.2, -0.15) is 0 Å². The number of hydrogen-bond acceptors (Lipinski definition) is 4. The van der Waals surface area contributed by atoms with Crippen molar-refractivity contribution in [3.8, 4) is 17.1 Å². The highest BCUT2D eigenvalue weighted by Crippen LogP contribution is 2.25. The number of amides is 2. The minimum Gasteiger partial charge on any atom is -0.497 e. The molecule has 0 bridgehead atoms. The standard InChI is InChI=1S/C21H23N3O3/c1-3-12-24(21(25)22-17-9-5-4-6-10-17)15-18-14-20(27-23-18)16-8-7-11-19(13-16)26-2/h4-11,13-14H,3,12,15H2,1-2H3,(H,22,25). The van der Waals surface area contributed by atoms with Crippen LogP contribution in [0, 0.1) is 0 Å². The quantitative estimate of drug-likeness (QED) is 0.653. The van der Waals surface area contributed by atoms with Gasteiger partial charge in [0.25, 0.3) is 0 Å². The molecule has 2 amide bonds. The summed E-state index contributed by atoms with van der Waals surface area (Å²) < 4.78 is 10.7. The monoisotopic (exact) mass is 365 g/mol. The number of nitrogens with one attached hydrogen (secondary N) is 1. The number of para-hydroxylation sites is 1. The Morgan fingerprint density at radius 2 is 1.96 bits per heavy atom. The Morgan fingerprint density at radius 1 is 1.15 bits per heavy atom. The topological polar surface area (TPSA) is 67.6 Å². The van der Waals surface area contributed by atoms with Crippen molar-refractivity contribution < 1.29 is 14.1 Å². The van der Waals surface area contributed by atoms with E-state index in [-0.39, 0.29) is 6.03 Å². The summed E-state index contributed by atoms with van der Waals surface area (Å²) in [5.41, 5.74) is 2.34. The van der Waals surface area contributed by atoms with Crippen LogP contribution >= 0.6 is 0 Å². The molecule has 1 N–H and O–H groups in total. The number of carbonyl (C=O) groups excluding carboxylic acids is 1. The third kappa shape index (κ3) is 4.88. The van der Waals surface area contributed by atoms with Gasteiger partial charge in [0.05, 0.1) is 13.7 Å². The number of carbonyl (C=O) groups is 1. The second kappa shape index (κ2) is 8.89. The Kier molecular flexibility index (Phi) is 6.10. The van der Waals surface area contributed by atoms with Gasteiger partial charge in [0.2, 0.25) is 0 Å². The first-order chi connectivity index (χ1) is 13.2. The van der Waals surface area contributed by atoms with E-state index < -0.39 is 0 Å². The number of methoxy groups -OCH3 is 1. The molecule has 0 radical (unpaired) electrons. The maximum absolute atomic E-state index is 12.6. The lowest BCUT2D eigenvalue weighted by molar-refractivity contribution is 0.207. The van der Waals surface area contributed by atoms with Crippen LogP contribution in [-0.2, 0) is 6.54 Å². The molecule has 0 atom stereocenters. The molecular weight excluding hydrogens is 342 g/mol. The third-order valence-electron chi connectivity index (χ3n) is 4.07. The first kappa shape index (κ1) is 18.5. The molecule has 0 aliphatic carbocycles. The lowest BCUT2D eigenvalue weighted by atomic mass is 10.1. The van der Waals surface area contributed by atoms with E-state index >= 15 is 0 Å². The number of hydrogen-bond donors (Lipinski definition) is 1. The van der Waals surface area contributed by atoms with Crippen LogP contribution in [0.5, 0.6) is 5.75 Å². The number of rotatable bonds is 7. The number of nitrogens with zero attached hydrogens (tertiary/aromatic N) is 2. The second-order valence-electron chi connectivity index (χ2n) is 6.13. The average molecular weight is 365 g/mol. The van der Waals surface area contributed by atoms with E-state index in [1.807, 2.05) is 67.6 Å². The van der Waals surface area contributed by atoms with Crippen molar-refractivity contribution in [3.05, 3.63) is 66.4 Å². The molecule has 0 aliphatic heterocycles. The SMILES string of the molecule is CCCN(Cc1cc(-c2cccc(OC)c2)on1)C(=O)Nc1ccccc1. The Morgan fingerprint density at radius 3 is 2.70 bits per heavy atom. The fourth-order valence-corrected chi connectivity index (χ4v) is 2.74. The zero-order valence-electron chi connectivity index (χ0n) is 15.5. The third-order valence-corrected chi connectivity index (χ3v) is 4.07. The van der Waals surface area contributed by atoms with Crippen molar-refractivity contribution in [1.29, 1.82) is 0 Å². The maximum Gasteiger partial charge on any atom is 0.322 e. The van der Waals surface area contributed by atoms with Gasteiger partial charge in [-0.05, 0) is 30.7 Å². The predicted molar refractivity (Wildman–Crippen MR) is 105 cm³/mol. The zero-order chi connectivity index (χ0) is 19.1. The smallest absolute Gasteiger partial charge is 0.322 e. The molecule has 1 aromatic heterocycles. The Labute approximate surface area is 158 Å². The van der Waals surface area contributed by atoms with E-state index in [1.54, 1.807) is 12.0 Å². The molecule has 0 saturated carbocycles. The van der Waals surface area contributed by atoms with E-state index in [1.165, 1.54) is 0 Å². The summed E-state index contributed by atoms with van der Waals surface area (Å²) in [6.07, 6.45) is 0.850. The van der Waals surface area contributed by atoms with Gasteiger partial charge in [-0.15, -0.1) is 0 Å². The molecule has 3 rings (SSSR count). The van der Waals surface area contributed by atoms with Crippen molar-refractivity contribution >= 4 is 11.7 Å². The highest BCUT2D eigenvalue weighted by atomic mass is 16.5. The predicted octanol–water partition coefficient (Wildman–Crippen LogP) is 4.79. The van der Waals surface area contributed by atoms with Crippen molar-refractivity contribution in [2.75, 3.05) is 19.0 Å². The lowest BCUT2D eigenvalue weighted by Crippen LogP contribution is -2.35. The molecule has 6 heteroatoms. The largest absolute Gasteiger partial charge is 0.497 e. The van der Waals surface area contributed by atoms with Crippen molar-refractivity contribution in [2.24, 2.45) is 0 Å². The van der Waals surface area contributed by atoms with E-state index in [2.05, 4.69) is 10.5 Å². The van der Waals surface area contributed by atoms with Crippen LogP contribution in [0.3, 0.4) is 0 Å². The molecule has 0 spiro atoms. The van der Waals surface area contributed by atoms with E-state index in [4.69, 9.17) is 9.26 Å².